The summed E-state index contributed by atoms with van der Waals surface area (Å²) in [6, 6.07) is 8.12. The van der Waals surface area contributed by atoms with Crippen LogP contribution >= 0.6 is 0 Å². The average molecular weight is 241 g/mol. The molecule has 92 valence electrons. The van der Waals surface area contributed by atoms with E-state index < -0.39 is 0 Å². The molecule has 0 aliphatic heterocycles. The number of oxazole rings is 1. The van der Waals surface area contributed by atoms with Gasteiger partial charge in [-0.2, -0.15) is 0 Å². The molecule has 0 amide bonds. The summed E-state index contributed by atoms with van der Waals surface area (Å²) in [5, 5.41) is 0. The monoisotopic (exact) mass is 241 g/mol. The highest BCUT2D eigenvalue weighted by atomic mass is 16.3. The molecule has 4 nitrogen and oxygen atoms in total. The summed E-state index contributed by atoms with van der Waals surface area (Å²) < 4.78 is 5.56. The Balaban J connectivity index is 2.07. The van der Waals surface area contributed by atoms with E-state index in [4.69, 9.17) is 10.2 Å². The van der Waals surface area contributed by atoms with Crippen LogP contribution in [0.1, 0.15) is 22.9 Å². The molecule has 4 heteroatoms. The average Bonchev–Trinajstić information content (AvgIpc) is 2.97. The third-order valence-corrected chi connectivity index (χ3v) is 3.18. The fourth-order valence-electron chi connectivity index (χ4n) is 2.29. The SMILES string of the molecule is Cc1nc2ccc(C(CN)c3cc[nH]c3)cc2o1. The first kappa shape index (κ1) is 11.0. The van der Waals surface area contributed by atoms with E-state index in [0.29, 0.717) is 12.4 Å². The predicted octanol–water partition coefficient (Wildman–Crippen LogP) is 2.55. The molecule has 0 spiro atoms. The van der Waals surface area contributed by atoms with Crippen molar-refractivity contribution in [2.45, 2.75) is 12.8 Å². The lowest BCUT2D eigenvalue weighted by Gasteiger charge is -2.13. The van der Waals surface area contributed by atoms with E-state index in [1.807, 2.05) is 37.5 Å². The first-order valence-electron chi connectivity index (χ1n) is 5.98. The van der Waals surface area contributed by atoms with Crippen LogP contribution in [0.25, 0.3) is 11.1 Å². The number of aromatic nitrogens is 2. The van der Waals surface area contributed by atoms with Crippen molar-refractivity contribution in [1.82, 2.24) is 9.97 Å². The molecular formula is C14H15N3O. The molecule has 3 N–H and O–H groups in total. The van der Waals surface area contributed by atoms with Crippen LogP contribution in [0.15, 0.2) is 41.1 Å². The smallest absolute Gasteiger partial charge is 0.192 e. The Morgan fingerprint density at radius 1 is 1.33 bits per heavy atom. The van der Waals surface area contributed by atoms with Crippen molar-refractivity contribution in [1.29, 1.82) is 0 Å². The van der Waals surface area contributed by atoms with E-state index in [9.17, 15) is 0 Å². The van der Waals surface area contributed by atoms with Crippen molar-refractivity contribution in [3.05, 3.63) is 53.7 Å². The summed E-state index contributed by atoms with van der Waals surface area (Å²) in [7, 11) is 0. The second kappa shape index (κ2) is 4.31. The topological polar surface area (TPSA) is 67.8 Å². The molecule has 2 aromatic heterocycles. The normalized spacial score (nSPS) is 13.0. The minimum absolute atomic E-state index is 0.186. The van der Waals surface area contributed by atoms with Crippen LogP contribution in [0.2, 0.25) is 0 Å². The van der Waals surface area contributed by atoms with Gasteiger partial charge in [0.1, 0.15) is 5.52 Å². The lowest BCUT2D eigenvalue weighted by Crippen LogP contribution is -2.13. The number of nitrogens with two attached hydrogens (primary N) is 1. The van der Waals surface area contributed by atoms with Gasteiger partial charge < -0.3 is 15.1 Å². The van der Waals surface area contributed by atoms with Crippen molar-refractivity contribution in [2.75, 3.05) is 6.54 Å². The lowest BCUT2D eigenvalue weighted by molar-refractivity contribution is 0.560. The fraction of sp³-hybridized carbons (Fsp3) is 0.214. The van der Waals surface area contributed by atoms with Crippen LogP contribution in [0, 0.1) is 6.92 Å². The second-order valence-electron chi connectivity index (χ2n) is 4.39. The number of nitrogens with zero attached hydrogens (tertiary/aromatic N) is 1. The van der Waals surface area contributed by atoms with Crippen molar-refractivity contribution in [3.63, 3.8) is 0 Å². The van der Waals surface area contributed by atoms with Gasteiger partial charge in [0.2, 0.25) is 0 Å². The fourth-order valence-corrected chi connectivity index (χ4v) is 2.29. The molecule has 0 bridgehead atoms. The van der Waals surface area contributed by atoms with Gasteiger partial charge in [-0.15, -0.1) is 0 Å². The van der Waals surface area contributed by atoms with Crippen molar-refractivity contribution >= 4 is 11.1 Å². The molecule has 1 aromatic carbocycles. The Bertz CT molecular complexity index is 655. The van der Waals surface area contributed by atoms with Crippen molar-refractivity contribution < 1.29 is 4.42 Å². The number of nitrogens with one attached hydrogen (secondary N) is 1. The molecule has 0 saturated carbocycles. The van der Waals surface area contributed by atoms with E-state index in [2.05, 4.69) is 16.0 Å². The Morgan fingerprint density at radius 3 is 2.94 bits per heavy atom. The molecule has 0 aliphatic rings. The molecule has 3 aromatic rings. The van der Waals surface area contributed by atoms with Crippen LogP contribution < -0.4 is 5.73 Å². The Kier molecular flexibility index (Phi) is 2.64. The first-order valence-corrected chi connectivity index (χ1v) is 5.98. The summed E-state index contributed by atoms with van der Waals surface area (Å²) in [6.07, 6.45) is 3.89. The molecule has 18 heavy (non-hydrogen) atoms. The number of fused-ring (bicyclic) bond motifs is 1. The van der Waals surface area contributed by atoms with Gasteiger partial charge in [0.05, 0.1) is 0 Å². The molecule has 3 rings (SSSR count). The van der Waals surface area contributed by atoms with Gasteiger partial charge in [-0.1, -0.05) is 6.07 Å². The number of hydrogen-bond acceptors (Lipinski definition) is 3. The maximum Gasteiger partial charge on any atom is 0.192 e. The minimum Gasteiger partial charge on any atom is -0.441 e. The van der Waals surface area contributed by atoms with Gasteiger partial charge in [-0.3, -0.25) is 0 Å². The lowest BCUT2D eigenvalue weighted by atomic mass is 9.93. The molecule has 0 aliphatic carbocycles. The van der Waals surface area contributed by atoms with E-state index in [-0.39, 0.29) is 5.92 Å². The van der Waals surface area contributed by atoms with Crippen LogP contribution in [-0.4, -0.2) is 16.5 Å². The molecule has 0 saturated heterocycles. The predicted molar refractivity (Wildman–Crippen MR) is 70.4 cm³/mol. The van der Waals surface area contributed by atoms with Crippen LogP contribution in [-0.2, 0) is 0 Å². The molecule has 0 fully saturated rings. The third kappa shape index (κ3) is 1.80. The van der Waals surface area contributed by atoms with Gasteiger partial charge in [-0.05, 0) is 29.3 Å². The number of H-pyrrole nitrogens is 1. The first-order chi connectivity index (χ1) is 8.78. The van der Waals surface area contributed by atoms with Gasteiger partial charge in [-0.25, -0.2) is 4.98 Å². The summed E-state index contributed by atoms with van der Waals surface area (Å²) in [5.41, 5.74) is 9.94. The Labute approximate surface area is 105 Å². The maximum atomic E-state index is 5.89. The number of hydrogen-bond donors (Lipinski definition) is 2. The van der Waals surface area contributed by atoms with Gasteiger partial charge in [0, 0.05) is 31.8 Å². The van der Waals surface area contributed by atoms with Crippen molar-refractivity contribution in [2.24, 2.45) is 5.73 Å². The summed E-state index contributed by atoms with van der Waals surface area (Å²) >= 11 is 0. The molecule has 0 radical (unpaired) electrons. The number of aromatic amines is 1. The number of rotatable bonds is 3. The standard InChI is InChI=1S/C14H15N3O/c1-9-17-13-3-2-10(6-14(13)18-9)12(7-15)11-4-5-16-8-11/h2-6,8,12,16H,7,15H2,1H3. The van der Waals surface area contributed by atoms with Gasteiger partial charge in [0.25, 0.3) is 0 Å². The Morgan fingerprint density at radius 2 is 2.22 bits per heavy atom. The molecule has 1 atom stereocenters. The van der Waals surface area contributed by atoms with E-state index in [1.165, 1.54) is 5.56 Å². The van der Waals surface area contributed by atoms with Crippen LogP contribution in [0.4, 0.5) is 0 Å². The molecular weight excluding hydrogens is 226 g/mol. The summed E-state index contributed by atoms with van der Waals surface area (Å²) in [5.74, 6) is 0.874. The summed E-state index contributed by atoms with van der Waals surface area (Å²) in [6.45, 7) is 2.42. The van der Waals surface area contributed by atoms with E-state index in [0.717, 1.165) is 16.7 Å². The zero-order chi connectivity index (χ0) is 12.5. The van der Waals surface area contributed by atoms with E-state index in [1.54, 1.807) is 0 Å². The quantitative estimate of drug-likeness (QED) is 0.740. The van der Waals surface area contributed by atoms with Gasteiger partial charge >= 0.3 is 0 Å². The number of benzene rings is 1. The highest BCUT2D eigenvalue weighted by Crippen LogP contribution is 2.26. The third-order valence-electron chi connectivity index (χ3n) is 3.18. The van der Waals surface area contributed by atoms with Crippen LogP contribution in [0.3, 0.4) is 0 Å². The zero-order valence-corrected chi connectivity index (χ0v) is 10.2. The summed E-state index contributed by atoms with van der Waals surface area (Å²) in [4.78, 5) is 7.36. The van der Waals surface area contributed by atoms with E-state index >= 15 is 0 Å². The Hall–Kier alpha value is -2.07. The molecule has 1 unspecified atom stereocenters. The highest BCUT2D eigenvalue weighted by Gasteiger charge is 2.14. The van der Waals surface area contributed by atoms with Crippen molar-refractivity contribution in [3.8, 4) is 0 Å². The molecule has 2 heterocycles. The minimum atomic E-state index is 0.186. The second-order valence-corrected chi connectivity index (χ2v) is 4.39. The maximum absolute atomic E-state index is 5.89. The largest absolute Gasteiger partial charge is 0.441 e. The highest BCUT2D eigenvalue weighted by molar-refractivity contribution is 5.73. The number of aryl methyl sites for hydroxylation is 1. The van der Waals surface area contributed by atoms with Crippen LogP contribution in [0.5, 0.6) is 0 Å². The zero-order valence-electron chi connectivity index (χ0n) is 10.2. The van der Waals surface area contributed by atoms with Gasteiger partial charge in [0.15, 0.2) is 11.5 Å².